The lowest BCUT2D eigenvalue weighted by Gasteiger charge is -2.11. The summed E-state index contributed by atoms with van der Waals surface area (Å²) < 4.78 is 9.87. The molecule has 4 N–H and O–H groups in total. The maximum atomic E-state index is 5.92. The zero-order valence-corrected chi connectivity index (χ0v) is 10.2. The number of hydrogen-bond acceptors (Lipinski definition) is 7. The number of anilines is 3. The van der Waals surface area contributed by atoms with Crippen LogP contribution in [0.3, 0.4) is 0 Å². The second kappa shape index (κ2) is 7.64. The molecule has 0 radical (unpaired) electrons. The van der Waals surface area contributed by atoms with Gasteiger partial charge in [0, 0.05) is 27.3 Å². The minimum absolute atomic E-state index is 0.500. The van der Waals surface area contributed by atoms with Crippen molar-refractivity contribution in [3.8, 4) is 0 Å². The number of nitrogens with two attached hydrogens (primary N) is 1. The van der Waals surface area contributed by atoms with Crippen LogP contribution in [0.1, 0.15) is 0 Å². The van der Waals surface area contributed by atoms with E-state index in [1.807, 2.05) is 0 Å². The Hall–Kier alpha value is -1.60. The van der Waals surface area contributed by atoms with Crippen molar-refractivity contribution in [2.24, 2.45) is 0 Å². The normalized spacial score (nSPS) is 10.2. The lowest BCUT2D eigenvalue weighted by Crippen LogP contribution is -2.14. The first-order valence-electron chi connectivity index (χ1n) is 5.35. The van der Waals surface area contributed by atoms with Crippen molar-refractivity contribution in [1.29, 1.82) is 0 Å². The van der Waals surface area contributed by atoms with E-state index in [0.717, 1.165) is 0 Å². The highest BCUT2D eigenvalue weighted by Crippen LogP contribution is 2.21. The number of hydrogen-bond donors (Lipinski definition) is 3. The van der Waals surface area contributed by atoms with Gasteiger partial charge in [-0.2, -0.15) is 0 Å². The fourth-order valence-electron chi connectivity index (χ4n) is 1.22. The zero-order valence-electron chi connectivity index (χ0n) is 10.2. The molecule has 1 rings (SSSR count). The molecule has 17 heavy (non-hydrogen) atoms. The van der Waals surface area contributed by atoms with Crippen LogP contribution in [-0.4, -0.2) is 50.5 Å². The average Bonchev–Trinajstić information content (AvgIpc) is 2.34. The molecule has 1 aromatic rings. The molecule has 0 aromatic carbocycles. The van der Waals surface area contributed by atoms with Crippen LogP contribution in [0.15, 0.2) is 6.33 Å². The Balaban J connectivity index is 2.56. The molecular formula is C10H19N5O2. The van der Waals surface area contributed by atoms with Gasteiger partial charge in [-0.25, -0.2) is 9.97 Å². The molecule has 7 heteroatoms. The Labute approximate surface area is 101 Å². The van der Waals surface area contributed by atoms with Crippen LogP contribution < -0.4 is 16.4 Å². The van der Waals surface area contributed by atoms with Gasteiger partial charge in [0.2, 0.25) is 0 Å². The quantitative estimate of drug-likeness (QED) is 0.559. The summed E-state index contributed by atoms with van der Waals surface area (Å²) in [6.07, 6.45) is 1.46. The van der Waals surface area contributed by atoms with Crippen molar-refractivity contribution >= 4 is 17.3 Å². The van der Waals surface area contributed by atoms with E-state index >= 15 is 0 Å². The van der Waals surface area contributed by atoms with Crippen molar-refractivity contribution in [3.63, 3.8) is 0 Å². The van der Waals surface area contributed by atoms with Crippen molar-refractivity contribution in [2.45, 2.75) is 0 Å². The lowest BCUT2D eigenvalue weighted by atomic mass is 10.4. The van der Waals surface area contributed by atoms with Gasteiger partial charge in [-0.15, -0.1) is 0 Å². The minimum atomic E-state index is 0.500. The number of rotatable bonds is 8. The second-order valence-electron chi connectivity index (χ2n) is 3.32. The van der Waals surface area contributed by atoms with Crippen molar-refractivity contribution < 1.29 is 9.47 Å². The summed E-state index contributed by atoms with van der Waals surface area (Å²) in [5.74, 6) is 1.22. The van der Waals surface area contributed by atoms with Crippen molar-refractivity contribution in [3.05, 3.63) is 6.33 Å². The first-order chi connectivity index (χ1) is 8.29. The van der Waals surface area contributed by atoms with Gasteiger partial charge in [0.1, 0.15) is 12.0 Å². The molecule has 0 amide bonds. The highest BCUT2D eigenvalue weighted by Gasteiger charge is 2.06. The summed E-state index contributed by atoms with van der Waals surface area (Å²) >= 11 is 0. The van der Waals surface area contributed by atoms with Gasteiger partial charge in [0.05, 0.1) is 13.2 Å². The monoisotopic (exact) mass is 241 g/mol. The van der Waals surface area contributed by atoms with Gasteiger partial charge < -0.3 is 25.8 Å². The number of nitrogens with one attached hydrogen (secondary N) is 2. The van der Waals surface area contributed by atoms with Crippen LogP contribution in [0.4, 0.5) is 17.3 Å². The van der Waals surface area contributed by atoms with E-state index in [1.165, 1.54) is 6.33 Å². The lowest BCUT2D eigenvalue weighted by molar-refractivity contribution is 0.210. The largest absolute Gasteiger partial charge is 0.393 e. The number of nitrogen functional groups attached to an aromatic ring is 1. The topological polar surface area (TPSA) is 94.3 Å². The molecule has 7 nitrogen and oxygen atoms in total. The molecule has 0 bridgehead atoms. The van der Waals surface area contributed by atoms with Gasteiger partial charge in [-0.05, 0) is 0 Å². The molecular weight excluding hydrogens is 222 g/mol. The van der Waals surface area contributed by atoms with Gasteiger partial charge in [-0.3, -0.25) is 0 Å². The molecule has 0 aliphatic carbocycles. The molecule has 1 aromatic heterocycles. The van der Waals surface area contributed by atoms with Crippen LogP contribution >= 0.6 is 0 Å². The number of ether oxygens (including phenoxy) is 2. The van der Waals surface area contributed by atoms with Crippen molar-refractivity contribution in [2.75, 3.05) is 56.9 Å². The summed E-state index contributed by atoms with van der Waals surface area (Å²) in [5, 5.41) is 6.14. The minimum Gasteiger partial charge on any atom is -0.393 e. The Morgan fingerprint density at radius 2 is 1.53 bits per heavy atom. The first-order valence-corrected chi connectivity index (χ1v) is 5.35. The third-order valence-electron chi connectivity index (χ3n) is 2.08. The van der Waals surface area contributed by atoms with E-state index in [0.29, 0.717) is 43.6 Å². The van der Waals surface area contributed by atoms with Crippen LogP contribution in [0.5, 0.6) is 0 Å². The summed E-state index contributed by atoms with van der Waals surface area (Å²) in [5.41, 5.74) is 6.42. The maximum Gasteiger partial charge on any atom is 0.154 e. The standard InChI is InChI=1S/C10H19N5O2/c1-16-5-3-12-9-8(11)10(15-7-14-9)13-4-6-17-2/h7H,3-6,11H2,1-2H3,(H2,12,13,14,15). The van der Waals surface area contributed by atoms with E-state index in [4.69, 9.17) is 15.2 Å². The molecule has 0 unspecified atom stereocenters. The van der Waals surface area contributed by atoms with Crippen LogP contribution in [-0.2, 0) is 9.47 Å². The Kier molecular flexibility index (Phi) is 6.05. The fourth-order valence-corrected chi connectivity index (χ4v) is 1.22. The number of nitrogens with zero attached hydrogens (tertiary/aromatic N) is 2. The molecule has 0 aliphatic heterocycles. The molecule has 1 heterocycles. The third-order valence-corrected chi connectivity index (χ3v) is 2.08. The summed E-state index contributed by atoms with van der Waals surface area (Å²) in [4.78, 5) is 8.13. The van der Waals surface area contributed by atoms with E-state index < -0.39 is 0 Å². The highest BCUT2D eigenvalue weighted by atomic mass is 16.5. The molecule has 96 valence electrons. The smallest absolute Gasteiger partial charge is 0.154 e. The zero-order chi connectivity index (χ0) is 12.5. The fraction of sp³-hybridized carbons (Fsp3) is 0.600. The molecule has 0 saturated heterocycles. The number of methoxy groups -OCH3 is 2. The predicted octanol–water partition coefficient (Wildman–Crippen LogP) is 0.175. The maximum absolute atomic E-state index is 5.92. The first kappa shape index (κ1) is 13.5. The predicted molar refractivity (Wildman–Crippen MR) is 67.2 cm³/mol. The Bertz CT molecular complexity index is 306. The van der Waals surface area contributed by atoms with Crippen LogP contribution in [0.25, 0.3) is 0 Å². The van der Waals surface area contributed by atoms with Gasteiger partial charge in [0.15, 0.2) is 11.6 Å². The molecule has 0 fully saturated rings. The second-order valence-corrected chi connectivity index (χ2v) is 3.32. The molecule has 0 spiro atoms. The van der Waals surface area contributed by atoms with E-state index in [9.17, 15) is 0 Å². The van der Waals surface area contributed by atoms with E-state index in [2.05, 4.69) is 20.6 Å². The summed E-state index contributed by atoms with van der Waals surface area (Å²) in [7, 11) is 3.28. The Morgan fingerprint density at radius 1 is 1.06 bits per heavy atom. The van der Waals surface area contributed by atoms with Gasteiger partial charge >= 0.3 is 0 Å². The summed E-state index contributed by atoms with van der Waals surface area (Å²) in [6, 6.07) is 0. The van der Waals surface area contributed by atoms with Gasteiger partial charge in [-0.1, -0.05) is 0 Å². The number of aromatic nitrogens is 2. The molecule has 0 saturated carbocycles. The van der Waals surface area contributed by atoms with Crippen LogP contribution in [0.2, 0.25) is 0 Å². The summed E-state index contributed by atoms with van der Waals surface area (Å²) in [6.45, 7) is 2.48. The molecule has 0 aliphatic rings. The highest BCUT2D eigenvalue weighted by molar-refractivity contribution is 5.73. The molecule has 0 atom stereocenters. The van der Waals surface area contributed by atoms with Crippen molar-refractivity contribution in [1.82, 2.24) is 9.97 Å². The average molecular weight is 241 g/mol. The van der Waals surface area contributed by atoms with Crippen LogP contribution in [0, 0.1) is 0 Å². The van der Waals surface area contributed by atoms with Gasteiger partial charge in [0.25, 0.3) is 0 Å². The van der Waals surface area contributed by atoms with E-state index in [-0.39, 0.29) is 0 Å². The SMILES string of the molecule is COCCNc1ncnc(NCCOC)c1N. The third kappa shape index (κ3) is 4.41. The van der Waals surface area contributed by atoms with E-state index in [1.54, 1.807) is 14.2 Å². The Morgan fingerprint density at radius 3 is 1.94 bits per heavy atom.